The summed E-state index contributed by atoms with van der Waals surface area (Å²) < 4.78 is 4.99. The molecule has 1 aliphatic rings. The maximum atomic E-state index is 11.8. The van der Waals surface area contributed by atoms with Crippen molar-refractivity contribution in [3.05, 3.63) is 35.9 Å². The fourth-order valence-electron chi connectivity index (χ4n) is 2.57. The Balaban J connectivity index is 2.02. The van der Waals surface area contributed by atoms with Gasteiger partial charge < -0.3 is 15.4 Å². The largest absolute Gasteiger partial charge is 0.450 e. The van der Waals surface area contributed by atoms with Crippen LogP contribution >= 0.6 is 0 Å². The molecule has 0 radical (unpaired) electrons. The lowest BCUT2D eigenvalue weighted by Crippen LogP contribution is -2.52. The van der Waals surface area contributed by atoms with E-state index < -0.39 is 6.04 Å². The Kier molecular flexibility index (Phi) is 5.16. The van der Waals surface area contributed by atoms with Crippen LogP contribution in [0.5, 0.6) is 0 Å². The molecule has 1 aromatic rings. The lowest BCUT2D eigenvalue weighted by atomic mass is 10.0. The molecule has 1 fully saturated rings. The van der Waals surface area contributed by atoms with Gasteiger partial charge in [-0.3, -0.25) is 9.69 Å². The van der Waals surface area contributed by atoms with Gasteiger partial charge in [0.15, 0.2) is 0 Å². The number of hydrogen-bond acceptors (Lipinski definition) is 4. The molecule has 2 N–H and O–H groups in total. The van der Waals surface area contributed by atoms with Crippen LogP contribution in [0.15, 0.2) is 30.3 Å². The number of primary amides is 1. The highest BCUT2D eigenvalue weighted by atomic mass is 16.6. The lowest BCUT2D eigenvalue weighted by Gasteiger charge is -2.37. The van der Waals surface area contributed by atoms with Gasteiger partial charge in [-0.1, -0.05) is 30.3 Å². The SMILES string of the molecule is CCOC(=O)N1CCN([C@@H](C(N)=O)c2ccccc2)CC1. The summed E-state index contributed by atoms with van der Waals surface area (Å²) in [6.45, 7) is 4.42. The van der Waals surface area contributed by atoms with Crippen molar-refractivity contribution in [2.24, 2.45) is 5.73 Å². The molecule has 0 aliphatic carbocycles. The summed E-state index contributed by atoms with van der Waals surface area (Å²) in [6, 6.07) is 9.02. The third-order valence-corrected chi connectivity index (χ3v) is 3.59. The van der Waals surface area contributed by atoms with Gasteiger partial charge in [0.25, 0.3) is 0 Å². The summed E-state index contributed by atoms with van der Waals surface area (Å²) in [5, 5.41) is 0. The smallest absolute Gasteiger partial charge is 0.409 e. The van der Waals surface area contributed by atoms with E-state index in [9.17, 15) is 9.59 Å². The Hall–Kier alpha value is -2.08. The second kappa shape index (κ2) is 7.08. The number of ether oxygens (including phenoxy) is 1. The van der Waals surface area contributed by atoms with Gasteiger partial charge >= 0.3 is 6.09 Å². The first-order chi connectivity index (χ1) is 10.1. The van der Waals surface area contributed by atoms with E-state index in [2.05, 4.69) is 0 Å². The molecule has 1 heterocycles. The van der Waals surface area contributed by atoms with Crippen LogP contribution in [0.1, 0.15) is 18.5 Å². The number of carbonyl (C=O) groups excluding carboxylic acids is 2. The van der Waals surface area contributed by atoms with Crippen LogP contribution in [0.25, 0.3) is 0 Å². The average molecular weight is 291 g/mol. The quantitative estimate of drug-likeness (QED) is 0.897. The second-order valence-corrected chi connectivity index (χ2v) is 4.94. The highest BCUT2D eigenvalue weighted by Crippen LogP contribution is 2.22. The third-order valence-electron chi connectivity index (χ3n) is 3.59. The highest BCUT2D eigenvalue weighted by Gasteiger charge is 2.30. The minimum Gasteiger partial charge on any atom is -0.450 e. The molecule has 0 unspecified atom stereocenters. The van der Waals surface area contributed by atoms with Crippen molar-refractivity contribution < 1.29 is 14.3 Å². The van der Waals surface area contributed by atoms with E-state index in [4.69, 9.17) is 10.5 Å². The van der Waals surface area contributed by atoms with Gasteiger partial charge in [-0.15, -0.1) is 0 Å². The molecule has 2 rings (SSSR count). The Morgan fingerprint density at radius 2 is 1.81 bits per heavy atom. The van der Waals surface area contributed by atoms with Crippen molar-refractivity contribution in [2.75, 3.05) is 32.8 Å². The van der Waals surface area contributed by atoms with E-state index in [1.165, 1.54) is 0 Å². The molecule has 114 valence electrons. The van der Waals surface area contributed by atoms with Crippen LogP contribution in [-0.4, -0.2) is 54.6 Å². The van der Waals surface area contributed by atoms with Gasteiger partial charge in [0.05, 0.1) is 6.61 Å². The minimum atomic E-state index is -0.449. The van der Waals surface area contributed by atoms with Crippen molar-refractivity contribution in [3.63, 3.8) is 0 Å². The van der Waals surface area contributed by atoms with Crippen molar-refractivity contribution in [2.45, 2.75) is 13.0 Å². The Bertz CT molecular complexity index is 484. The number of amides is 2. The van der Waals surface area contributed by atoms with Gasteiger partial charge in [0, 0.05) is 26.2 Å². The zero-order valence-electron chi connectivity index (χ0n) is 12.2. The molecule has 0 bridgehead atoms. The number of nitrogens with two attached hydrogens (primary N) is 1. The fourth-order valence-corrected chi connectivity index (χ4v) is 2.57. The van der Waals surface area contributed by atoms with Crippen LogP contribution in [0.2, 0.25) is 0 Å². The highest BCUT2D eigenvalue weighted by molar-refractivity contribution is 5.81. The first-order valence-corrected chi connectivity index (χ1v) is 7.13. The van der Waals surface area contributed by atoms with Crippen LogP contribution in [0, 0.1) is 0 Å². The van der Waals surface area contributed by atoms with Gasteiger partial charge in [0.1, 0.15) is 6.04 Å². The molecule has 1 saturated heterocycles. The summed E-state index contributed by atoms with van der Waals surface area (Å²) in [7, 11) is 0. The zero-order valence-corrected chi connectivity index (χ0v) is 12.2. The van der Waals surface area contributed by atoms with Crippen molar-refractivity contribution in [3.8, 4) is 0 Å². The van der Waals surface area contributed by atoms with E-state index >= 15 is 0 Å². The van der Waals surface area contributed by atoms with Crippen molar-refractivity contribution in [1.29, 1.82) is 0 Å². The Morgan fingerprint density at radius 1 is 1.19 bits per heavy atom. The van der Waals surface area contributed by atoms with Crippen LogP contribution < -0.4 is 5.73 Å². The van der Waals surface area contributed by atoms with Gasteiger partial charge in [0.2, 0.25) is 5.91 Å². The number of rotatable bonds is 4. The molecule has 1 aromatic carbocycles. The molecule has 1 aliphatic heterocycles. The number of hydrogen-bond donors (Lipinski definition) is 1. The summed E-state index contributed by atoms with van der Waals surface area (Å²) in [5.41, 5.74) is 6.44. The molecule has 0 aromatic heterocycles. The van der Waals surface area contributed by atoms with E-state index in [1.807, 2.05) is 35.2 Å². The molecule has 2 amide bonds. The molecule has 6 nitrogen and oxygen atoms in total. The van der Waals surface area contributed by atoms with E-state index in [1.54, 1.807) is 11.8 Å². The fraction of sp³-hybridized carbons (Fsp3) is 0.467. The minimum absolute atomic E-state index is 0.299. The molecule has 6 heteroatoms. The van der Waals surface area contributed by atoms with Gasteiger partial charge in [-0.2, -0.15) is 0 Å². The van der Waals surface area contributed by atoms with Crippen LogP contribution in [-0.2, 0) is 9.53 Å². The maximum absolute atomic E-state index is 11.8. The molecule has 0 spiro atoms. The number of benzene rings is 1. The molecular weight excluding hydrogens is 270 g/mol. The summed E-state index contributed by atoms with van der Waals surface area (Å²) in [6.07, 6.45) is -0.299. The van der Waals surface area contributed by atoms with Crippen molar-refractivity contribution in [1.82, 2.24) is 9.80 Å². The monoisotopic (exact) mass is 291 g/mol. The lowest BCUT2D eigenvalue weighted by molar-refractivity contribution is -0.124. The maximum Gasteiger partial charge on any atom is 0.409 e. The molecule has 1 atom stereocenters. The second-order valence-electron chi connectivity index (χ2n) is 4.94. The average Bonchev–Trinajstić information content (AvgIpc) is 2.49. The first-order valence-electron chi connectivity index (χ1n) is 7.13. The normalized spacial score (nSPS) is 17.3. The van der Waals surface area contributed by atoms with E-state index in [-0.39, 0.29) is 12.0 Å². The predicted octanol–water partition coefficient (Wildman–Crippen LogP) is 0.987. The predicted molar refractivity (Wildman–Crippen MR) is 78.5 cm³/mol. The first kappa shape index (κ1) is 15.3. The van der Waals surface area contributed by atoms with Crippen molar-refractivity contribution >= 4 is 12.0 Å². The molecular formula is C15H21N3O3. The summed E-state index contributed by atoms with van der Waals surface area (Å²) in [4.78, 5) is 27.1. The van der Waals surface area contributed by atoms with Gasteiger partial charge in [-0.25, -0.2) is 4.79 Å². The number of nitrogens with zero attached hydrogens (tertiary/aromatic N) is 2. The third kappa shape index (κ3) is 3.72. The number of carbonyl (C=O) groups is 2. The van der Waals surface area contributed by atoms with E-state index in [0.717, 1.165) is 5.56 Å². The Labute approximate surface area is 124 Å². The van der Waals surface area contributed by atoms with Gasteiger partial charge in [-0.05, 0) is 12.5 Å². The zero-order chi connectivity index (χ0) is 15.2. The standard InChI is InChI=1S/C15H21N3O3/c1-2-21-15(20)18-10-8-17(9-11-18)13(14(16)19)12-6-4-3-5-7-12/h3-7,13H,2,8-11H2,1H3,(H2,16,19)/t13-/m1/s1. The van der Waals surface area contributed by atoms with Crippen LogP contribution in [0.4, 0.5) is 4.79 Å². The molecule has 21 heavy (non-hydrogen) atoms. The van der Waals surface area contributed by atoms with Crippen LogP contribution in [0.3, 0.4) is 0 Å². The number of piperazine rings is 1. The molecule has 0 saturated carbocycles. The topological polar surface area (TPSA) is 75.9 Å². The Morgan fingerprint density at radius 3 is 2.33 bits per heavy atom. The summed E-state index contributed by atoms with van der Waals surface area (Å²) in [5.74, 6) is -0.370. The summed E-state index contributed by atoms with van der Waals surface area (Å²) >= 11 is 0. The van der Waals surface area contributed by atoms with E-state index in [0.29, 0.717) is 32.8 Å².